The second-order valence-corrected chi connectivity index (χ2v) is 16.7. The largest absolute Gasteiger partial charge is 0.228 e. The van der Waals surface area contributed by atoms with E-state index in [1.54, 1.807) is 0 Å². The summed E-state index contributed by atoms with van der Waals surface area (Å²) in [6, 6.07) is 78.8. The van der Waals surface area contributed by atoms with Crippen LogP contribution in [0.3, 0.4) is 0 Å². The number of thiophene rings is 1. The molecule has 0 N–H and O–H groups in total. The Balaban J connectivity index is 1.12. The zero-order valence-electron chi connectivity index (χ0n) is 33.1. The third-order valence-electron chi connectivity index (χ3n) is 12.1. The van der Waals surface area contributed by atoms with Gasteiger partial charge in [-0.15, -0.1) is 11.3 Å². The van der Waals surface area contributed by atoms with Crippen molar-refractivity contribution in [2.45, 2.75) is 0 Å². The van der Waals surface area contributed by atoms with Crippen molar-refractivity contribution < 1.29 is 0 Å². The van der Waals surface area contributed by atoms with Crippen LogP contribution in [0.5, 0.6) is 0 Å². The molecule has 0 fully saturated rings. The molecule has 0 aliphatic heterocycles. The number of nitrogens with zero attached hydrogens (tertiary/aromatic N) is 2. The molecule has 0 unspecified atom stereocenters. The monoisotopic (exact) mass is 792 g/mol. The standard InChI is InChI=1S/C58H36N2S/c1-3-18-38(19-4-1)55-47-28-14-15-29-48(47)57(56-41-23-9-7-17-37(41)31-32-50(55)56)49-34-33-45(42-24-10-11-25-43(42)49)52-36-51(59-58(60-52)39-20-5-2-6-21-39)44-26-12-13-27-46(44)54-35-40-22-8-16-30-53(40)61-54/h1-36H. The van der Waals surface area contributed by atoms with E-state index in [0.29, 0.717) is 5.82 Å². The predicted molar refractivity (Wildman–Crippen MR) is 260 cm³/mol. The molecule has 0 aliphatic carbocycles. The highest BCUT2D eigenvalue weighted by molar-refractivity contribution is 7.22. The van der Waals surface area contributed by atoms with Crippen LogP contribution in [0.2, 0.25) is 0 Å². The summed E-state index contributed by atoms with van der Waals surface area (Å²) in [7, 11) is 0. The summed E-state index contributed by atoms with van der Waals surface area (Å²) in [4.78, 5) is 11.9. The van der Waals surface area contributed by atoms with Gasteiger partial charge in [-0.25, -0.2) is 9.97 Å². The molecule has 0 radical (unpaired) electrons. The fourth-order valence-electron chi connectivity index (χ4n) is 9.36. The van der Waals surface area contributed by atoms with Gasteiger partial charge < -0.3 is 0 Å². The first kappa shape index (κ1) is 35.2. The van der Waals surface area contributed by atoms with Crippen LogP contribution in [0.15, 0.2) is 218 Å². The van der Waals surface area contributed by atoms with Crippen LogP contribution in [0.25, 0.3) is 120 Å². The van der Waals surface area contributed by atoms with Gasteiger partial charge in [0.05, 0.1) is 11.4 Å². The topological polar surface area (TPSA) is 25.8 Å². The molecular weight excluding hydrogens is 757 g/mol. The van der Waals surface area contributed by atoms with E-state index >= 15 is 0 Å². The molecule has 0 aliphatic rings. The van der Waals surface area contributed by atoms with Crippen molar-refractivity contribution in [2.75, 3.05) is 0 Å². The lowest BCUT2D eigenvalue weighted by Crippen LogP contribution is -1.98. The highest BCUT2D eigenvalue weighted by Gasteiger charge is 2.22. The third kappa shape index (κ3) is 5.93. The van der Waals surface area contributed by atoms with Gasteiger partial charge >= 0.3 is 0 Å². The first-order valence-electron chi connectivity index (χ1n) is 20.7. The van der Waals surface area contributed by atoms with Crippen LogP contribution in [-0.2, 0) is 0 Å². The van der Waals surface area contributed by atoms with Gasteiger partial charge in [0.2, 0.25) is 0 Å². The molecule has 0 atom stereocenters. The van der Waals surface area contributed by atoms with Crippen molar-refractivity contribution >= 4 is 64.5 Å². The lowest BCUT2D eigenvalue weighted by atomic mass is 9.82. The molecule has 0 amide bonds. The second kappa shape index (κ2) is 14.5. The first-order valence-corrected chi connectivity index (χ1v) is 21.6. The van der Waals surface area contributed by atoms with Crippen LogP contribution >= 0.6 is 11.3 Å². The number of hydrogen-bond donors (Lipinski definition) is 0. The maximum Gasteiger partial charge on any atom is 0.160 e. The zero-order valence-corrected chi connectivity index (χ0v) is 33.9. The second-order valence-electron chi connectivity index (χ2n) is 15.6. The van der Waals surface area contributed by atoms with E-state index in [1.807, 2.05) is 17.4 Å². The molecule has 2 nitrogen and oxygen atoms in total. The Bertz CT molecular complexity index is 3610. The molecule has 61 heavy (non-hydrogen) atoms. The minimum absolute atomic E-state index is 0.701. The van der Waals surface area contributed by atoms with Crippen molar-refractivity contribution in [1.29, 1.82) is 0 Å². The van der Waals surface area contributed by atoms with E-state index in [-0.39, 0.29) is 0 Å². The predicted octanol–water partition coefficient (Wildman–Crippen LogP) is 16.3. The van der Waals surface area contributed by atoms with Crippen molar-refractivity contribution in [3.05, 3.63) is 218 Å². The van der Waals surface area contributed by atoms with Crippen LogP contribution in [-0.4, -0.2) is 9.97 Å². The Morgan fingerprint density at radius 2 is 0.852 bits per heavy atom. The fraction of sp³-hybridized carbons (Fsp3) is 0. The molecule has 0 spiro atoms. The Labute approximate surface area is 357 Å². The van der Waals surface area contributed by atoms with Gasteiger partial charge in [-0.2, -0.15) is 0 Å². The maximum atomic E-state index is 5.37. The van der Waals surface area contributed by atoms with Crippen LogP contribution in [0.4, 0.5) is 0 Å². The average Bonchev–Trinajstić information content (AvgIpc) is 3.78. The molecule has 12 aromatic rings. The Morgan fingerprint density at radius 3 is 1.59 bits per heavy atom. The molecular formula is C58H36N2S. The van der Waals surface area contributed by atoms with Gasteiger partial charge in [0.1, 0.15) is 0 Å². The summed E-state index contributed by atoms with van der Waals surface area (Å²) in [5.74, 6) is 0.701. The van der Waals surface area contributed by atoms with E-state index in [2.05, 4.69) is 212 Å². The normalized spacial score (nSPS) is 11.6. The summed E-state index contributed by atoms with van der Waals surface area (Å²) in [6.07, 6.45) is 0. The average molecular weight is 793 g/mol. The molecule has 12 rings (SSSR count). The van der Waals surface area contributed by atoms with Crippen molar-refractivity contribution in [3.8, 4) is 66.6 Å². The summed E-state index contributed by atoms with van der Waals surface area (Å²) in [5.41, 5.74) is 11.0. The van der Waals surface area contributed by atoms with Gasteiger partial charge in [-0.1, -0.05) is 200 Å². The SMILES string of the molecule is c1ccc(-c2nc(-c3ccccc3-c3cc4ccccc4s3)cc(-c3ccc(-c4c5ccccc5c(-c5ccccc5)c5ccc6ccccc6c45)c4ccccc34)n2)cc1. The summed E-state index contributed by atoms with van der Waals surface area (Å²) in [5, 5.41) is 11.0. The quantitative estimate of drug-likeness (QED) is 0.124. The highest BCUT2D eigenvalue weighted by Crippen LogP contribution is 2.49. The molecule has 284 valence electrons. The lowest BCUT2D eigenvalue weighted by molar-refractivity contribution is 1.19. The molecule has 2 aromatic heterocycles. The Morgan fingerprint density at radius 1 is 0.311 bits per heavy atom. The van der Waals surface area contributed by atoms with Crippen LogP contribution < -0.4 is 0 Å². The van der Waals surface area contributed by atoms with Crippen molar-refractivity contribution in [1.82, 2.24) is 9.97 Å². The zero-order chi connectivity index (χ0) is 40.3. The van der Waals surface area contributed by atoms with Gasteiger partial charge in [0, 0.05) is 31.8 Å². The van der Waals surface area contributed by atoms with E-state index < -0.39 is 0 Å². The number of aromatic nitrogens is 2. The minimum Gasteiger partial charge on any atom is -0.228 e. The molecule has 10 aromatic carbocycles. The number of hydrogen-bond acceptors (Lipinski definition) is 3. The summed E-state index contributed by atoms with van der Waals surface area (Å²) in [6.45, 7) is 0. The lowest BCUT2D eigenvalue weighted by Gasteiger charge is -2.21. The number of benzene rings is 10. The number of fused-ring (bicyclic) bond motifs is 6. The van der Waals surface area contributed by atoms with Crippen LogP contribution in [0.1, 0.15) is 0 Å². The maximum absolute atomic E-state index is 5.37. The van der Waals surface area contributed by atoms with Gasteiger partial charge in [0.15, 0.2) is 5.82 Å². The van der Waals surface area contributed by atoms with E-state index in [9.17, 15) is 0 Å². The molecule has 0 saturated carbocycles. The number of rotatable bonds is 6. The molecule has 3 heteroatoms. The highest BCUT2D eigenvalue weighted by atomic mass is 32.1. The Hall–Kier alpha value is -7.72. The van der Waals surface area contributed by atoms with Gasteiger partial charge in [-0.3, -0.25) is 0 Å². The third-order valence-corrected chi connectivity index (χ3v) is 13.2. The van der Waals surface area contributed by atoms with E-state index in [4.69, 9.17) is 9.97 Å². The van der Waals surface area contributed by atoms with E-state index in [0.717, 1.165) is 39.0 Å². The molecule has 2 heterocycles. The minimum atomic E-state index is 0.701. The van der Waals surface area contributed by atoms with Gasteiger partial charge in [0.25, 0.3) is 0 Å². The molecule has 0 bridgehead atoms. The van der Waals surface area contributed by atoms with Crippen molar-refractivity contribution in [2.24, 2.45) is 0 Å². The Kier molecular flexibility index (Phi) is 8.39. The van der Waals surface area contributed by atoms with Crippen molar-refractivity contribution in [3.63, 3.8) is 0 Å². The fourth-order valence-corrected chi connectivity index (χ4v) is 10.5. The van der Waals surface area contributed by atoms with E-state index in [1.165, 1.54) is 74.9 Å². The smallest absolute Gasteiger partial charge is 0.160 e. The first-order chi connectivity index (χ1) is 30.3. The summed E-state index contributed by atoms with van der Waals surface area (Å²) >= 11 is 1.82. The molecule has 0 saturated heterocycles. The summed E-state index contributed by atoms with van der Waals surface area (Å²) < 4.78 is 1.27. The van der Waals surface area contributed by atoms with Gasteiger partial charge in [-0.05, 0) is 88.9 Å². The van der Waals surface area contributed by atoms with Crippen LogP contribution in [0, 0.1) is 0 Å².